The molecule has 0 aliphatic rings. The molecule has 0 radical (unpaired) electrons. The molecule has 1 unspecified atom stereocenters. The van der Waals surface area contributed by atoms with E-state index in [1.807, 2.05) is 0 Å². The van der Waals surface area contributed by atoms with Gasteiger partial charge in [0, 0.05) is 12.1 Å². The summed E-state index contributed by atoms with van der Waals surface area (Å²) in [6.45, 7) is 1.17. The summed E-state index contributed by atoms with van der Waals surface area (Å²) in [5.74, 6) is -1.52. The van der Waals surface area contributed by atoms with Gasteiger partial charge in [-0.05, 0) is 30.7 Å². The van der Waals surface area contributed by atoms with Crippen molar-refractivity contribution in [3.8, 4) is 0 Å². The van der Waals surface area contributed by atoms with Gasteiger partial charge in [0.1, 0.15) is 16.5 Å². The van der Waals surface area contributed by atoms with Gasteiger partial charge in [-0.3, -0.25) is 0 Å². The molecule has 0 aromatic heterocycles. The maximum Gasteiger partial charge on any atom is 0.243 e. The molecule has 0 aliphatic carbocycles. The normalized spacial score (nSPS) is 13.1. The molecule has 2 aromatic rings. The predicted molar refractivity (Wildman–Crippen MR) is 77.7 cm³/mol. The standard InChI is InChI=1S/C15H15F2NO3S/c1-10-6-7-15(13(17)8-10)22(20,21)18-9-14(19)11-4-2-3-5-12(11)16/h2-8,14,18-19H,9H2,1H3. The lowest BCUT2D eigenvalue weighted by Gasteiger charge is -2.13. The van der Waals surface area contributed by atoms with E-state index >= 15 is 0 Å². The zero-order valence-electron chi connectivity index (χ0n) is 11.8. The Bertz CT molecular complexity index is 778. The van der Waals surface area contributed by atoms with Crippen LogP contribution in [0.25, 0.3) is 0 Å². The van der Waals surface area contributed by atoms with Crippen LogP contribution in [0, 0.1) is 18.6 Å². The summed E-state index contributed by atoms with van der Waals surface area (Å²) in [4.78, 5) is -0.515. The molecule has 118 valence electrons. The number of aliphatic hydroxyl groups excluding tert-OH is 1. The van der Waals surface area contributed by atoms with Crippen LogP contribution in [-0.4, -0.2) is 20.1 Å². The fraction of sp³-hybridized carbons (Fsp3) is 0.200. The SMILES string of the molecule is Cc1ccc(S(=O)(=O)NCC(O)c2ccccc2F)c(F)c1. The Labute approximate surface area is 127 Å². The van der Waals surface area contributed by atoms with Crippen LogP contribution in [0.5, 0.6) is 0 Å². The molecule has 7 heteroatoms. The predicted octanol–water partition coefficient (Wildman–Crippen LogP) is 2.29. The minimum absolute atomic E-state index is 0.0328. The largest absolute Gasteiger partial charge is 0.387 e. The molecule has 0 amide bonds. The van der Waals surface area contributed by atoms with E-state index in [9.17, 15) is 22.3 Å². The van der Waals surface area contributed by atoms with E-state index in [1.165, 1.54) is 24.3 Å². The zero-order chi connectivity index (χ0) is 16.3. The lowest BCUT2D eigenvalue weighted by molar-refractivity contribution is 0.177. The molecule has 2 rings (SSSR count). The van der Waals surface area contributed by atoms with Crippen LogP contribution >= 0.6 is 0 Å². The van der Waals surface area contributed by atoms with E-state index in [0.29, 0.717) is 5.56 Å². The van der Waals surface area contributed by atoms with Gasteiger partial charge in [-0.1, -0.05) is 24.3 Å². The monoisotopic (exact) mass is 327 g/mol. The summed E-state index contributed by atoms with van der Waals surface area (Å²) in [6.07, 6.45) is -1.37. The van der Waals surface area contributed by atoms with Crippen molar-refractivity contribution in [2.75, 3.05) is 6.54 Å². The number of benzene rings is 2. The first-order chi connectivity index (χ1) is 10.3. The van der Waals surface area contributed by atoms with E-state index in [-0.39, 0.29) is 5.56 Å². The second kappa shape index (κ2) is 6.51. The lowest BCUT2D eigenvalue weighted by Crippen LogP contribution is -2.29. The van der Waals surface area contributed by atoms with Crippen molar-refractivity contribution in [2.45, 2.75) is 17.9 Å². The van der Waals surface area contributed by atoms with Crippen LogP contribution < -0.4 is 4.72 Å². The fourth-order valence-corrected chi connectivity index (χ4v) is 3.04. The van der Waals surface area contributed by atoms with Gasteiger partial charge >= 0.3 is 0 Å². The number of hydrogen-bond donors (Lipinski definition) is 2. The van der Waals surface area contributed by atoms with Gasteiger partial charge in [0.25, 0.3) is 0 Å². The van der Waals surface area contributed by atoms with Gasteiger partial charge in [0.15, 0.2) is 0 Å². The van der Waals surface area contributed by atoms with Crippen molar-refractivity contribution >= 4 is 10.0 Å². The van der Waals surface area contributed by atoms with Gasteiger partial charge in [-0.25, -0.2) is 21.9 Å². The maximum absolute atomic E-state index is 13.7. The highest BCUT2D eigenvalue weighted by molar-refractivity contribution is 7.89. The van der Waals surface area contributed by atoms with E-state index in [1.54, 1.807) is 6.92 Å². The summed E-state index contributed by atoms with van der Waals surface area (Å²) in [5.41, 5.74) is 0.553. The zero-order valence-corrected chi connectivity index (χ0v) is 12.6. The van der Waals surface area contributed by atoms with E-state index in [2.05, 4.69) is 4.72 Å². The number of rotatable bonds is 5. The molecular formula is C15H15F2NO3S. The van der Waals surface area contributed by atoms with Crippen LogP contribution in [0.1, 0.15) is 17.2 Å². The molecule has 2 N–H and O–H groups in total. The Morgan fingerprint density at radius 1 is 1.14 bits per heavy atom. The molecule has 0 fully saturated rings. The second-order valence-electron chi connectivity index (χ2n) is 4.82. The molecule has 0 spiro atoms. The first kappa shape index (κ1) is 16.5. The minimum Gasteiger partial charge on any atom is -0.387 e. The topological polar surface area (TPSA) is 66.4 Å². The highest BCUT2D eigenvalue weighted by Crippen LogP contribution is 2.18. The van der Waals surface area contributed by atoms with E-state index in [0.717, 1.165) is 18.2 Å². The van der Waals surface area contributed by atoms with Crippen molar-refractivity contribution in [1.82, 2.24) is 4.72 Å². The van der Waals surface area contributed by atoms with Crippen molar-refractivity contribution in [2.24, 2.45) is 0 Å². The summed E-state index contributed by atoms with van der Waals surface area (Å²) in [7, 11) is -4.13. The maximum atomic E-state index is 13.7. The number of aliphatic hydroxyl groups is 1. The summed E-state index contributed by atoms with van der Waals surface area (Å²) >= 11 is 0. The lowest BCUT2D eigenvalue weighted by atomic mass is 10.1. The molecule has 0 bridgehead atoms. The Morgan fingerprint density at radius 3 is 2.45 bits per heavy atom. The van der Waals surface area contributed by atoms with Crippen molar-refractivity contribution in [1.29, 1.82) is 0 Å². The molecule has 0 saturated carbocycles. The number of aryl methyl sites for hydroxylation is 1. The molecule has 22 heavy (non-hydrogen) atoms. The van der Waals surface area contributed by atoms with Gasteiger partial charge in [0.05, 0.1) is 6.10 Å². The Hall–Kier alpha value is -1.83. The Kier molecular flexibility index (Phi) is 4.90. The molecule has 0 saturated heterocycles. The minimum atomic E-state index is -4.13. The molecule has 0 aliphatic heterocycles. The molecule has 2 aromatic carbocycles. The third-order valence-corrected chi connectivity index (χ3v) is 4.56. The fourth-order valence-electron chi connectivity index (χ4n) is 1.95. The number of nitrogens with one attached hydrogen (secondary N) is 1. The summed E-state index contributed by atoms with van der Waals surface area (Å²) in [5, 5.41) is 9.86. The first-order valence-electron chi connectivity index (χ1n) is 6.49. The van der Waals surface area contributed by atoms with E-state index < -0.39 is 39.2 Å². The Balaban J connectivity index is 2.15. The van der Waals surface area contributed by atoms with Crippen molar-refractivity contribution in [3.63, 3.8) is 0 Å². The Morgan fingerprint density at radius 2 is 1.82 bits per heavy atom. The second-order valence-corrected chi connectivity index (χ2v) is 6.56. The molecule has 4 nitrogen and oxygen atoms in total. The highest BCUT2D eigenvalue weighted by atomic mass is 32.2. The van der Waals surface area contributed by atoms with Crippen LogP contribution in [0.3, 0.4) is 0 Å². The average molecular weight is 327 g/mol. The van der Waals surface area contributed by atoms with Crippen molar-refractivity contribution in [3.05, 3.63) is 65.2 Å². The van der Waals surface area contributed by atoms with Gasteiger partial charge in [-0.2, -0.15) is 0 Å². The number of sulfonamides is 1. The molecule has 1 atom stereocenters. The molecular weight excluding hydrogens is 312 g/mol. The van der Waals surface area contributed by atoms with Crippen LogP contribution in [-0.2, 0) is 10.0 Å². The van der Waals surface area contributed by atoms with Gasteiger partial charge in [0.2, 0.25) is 10.0 Å². The average Bonchev–Trinajstić information content (AvgIpc) is 2.45. The number of hydrogen-bond acceptors (Lipinski definition) is 3. The first-order valence-corrected chi connectivity index (χ1v) is 7.98. The van der Waals surface area contributed by atoms with Crippen LogP contribution in [0.2, 0.25) is 0 Å². The smallest absolute Gasteiger partial charge is 0.243 e. The molecule has 0 heterocycles. The summed E-state index contributed by atoms with van der Waals surface area (Å²) in [6, 6.07) is 9.19. The van der Waals surface area contributed by atoms with Gasteiger partial charge in [-0.15, -0.1) is 0 Å². The van der Waals surface area contributed by atoms with Gasteiger partial charge < -0.3 is 5.11 Å². The highest BCUT2D eigenvalue weighted by Gasteiger charge is 2.21. The third kappa shape index (κ3) is 3.68. The quantitative estimate of drug-likeness (QED) is 0.885. The van der Waals surface area contributed by atoms with Crippen LogP contribution in [0.4, 0.5) is 8.78 Å². The third-order valence-electron chi connectivity index (χ3n) is 3.11. The van der Waals surface area contributed by atoms with Crippen molar-refractivity contribution < 1.29 is 22.3 Å². The summed E-state index contributed by atoms with van der Waals surface area (Å²) < 4.78 is 53.3. The van der Waals surface area contributed by atoms with E-state index in [4.69, 9.17) is 0 Å². The van der Waals surface area contributed by atoms with Crippen LogP contribution in [0.15, 0.2) is 47.4 Å². The number of halogens is 2.